The molecule has 0 fully saturated rings. The largest absolute Gasteiger partial charge is 0.344 e. The highest BCUT2D eigenvalue weighted by atomic mass is 79.9. The van der Waals surface area contributed by atoms with Crippen molar-refractivity contribution in [2.75, 3.05) is 11.9 Å². The Kier molecular flexibility index (Phi) is 4.24. The van der Waals surface area contributed by atoms with Crippen LogP contribution < -0.4 is 4.90 Å². The monoisotopic (exact) mass is 314 g/mol. The number of anilines is 2. The second-order valence-electron chi connectivity index (χ2n) is 4.49. The molecule has 96 valence electrons. The summed E-state index contributed by atoms with van der Waals surface area (Å²) < 4.78 is 0. The molecule has 0 aliphatic rings. The molecule has 0 radical (unpaired) electrons. The summed E-state index contributed by atoms with van der Waals surface area (Å²) in [4.78, 5) is 2.05. The SMILES string of the molecule is Cc1cccc(N(C)c2ccc(CBr)cc2C#N)c1. The van der Waals surface area contributed by atoms with Crippen LogP contribution in [0.5, 0.6) is 0 Å². The first-order valence-corrected chi connectivity index (χ1v) is 7.17. The molecule has 3 heteroatoms. The summed E-state index contributed by atoms with van der Waals surface area (Å²) in [6.45, 7) is 2.07. The smallest absolute Gasteiger partial charge is 0.101 e. The number of nitrogens with zero attached hydrogens (tertiary/aromatic N) is 2. The van der Waals surface area contributed by atoms with E-state index in [-0.39, 0.29) is 0 Å². The van der Waals surface area contributed by atoms with Crippen LogP contribution in [0.2, 0.25) is 0 Å². The van der Waals surface area contributed by atoms with Gasteiger partial charge in [-0.05, 0) is 42.3 Å². The predicted octanol–water partition coefficient (Wildman–Crippen LogP) is 4.53. The molecule has 0 heterocycles. The van der Waals surface area contributed by atoms with Gasteiger partial charge in [-0.15, -0.1) is 0 Å². The van der Waals surface area contributed by atoms with Crippen molar-refractivity contribution in [1.82, 2.24) is 0 Å². The van der Waals surface area contributed by atoms with E-state index in [1.54, 1.807) is 0 Å². The van der Waals surface area contributed by atoms with Gasteiger partial charge in [0.25, 0.3) is 0 Å². The normalized spacial score (nSPS) is 10.0. The number of hydrogen-bond acceptors (Lipinski definition) is 2. The quantitative estimate of drug-likeness (QED) is 0.778. The van der Waals surface area contributed by atoms with Gasteiger partial charge in [0.1, 0.15) is 6.07 Å². The summed E-state index contributed by atoms with van der Waals surface area (Å²) in [6, 6.07) is 16.5. The van der Waals surface area contributed by atoms with Gasteiger partial charge in [0.2, 0.25) is 0 Å². The van der Waals surface area contributed by atoms with Gasteiger partial charge in [0.15, 0.2) is 0 Å². The summed E-state index contributed by atoms with van der Waals surface area (Å²) in [7, 11) is 1.98. The lowest BCUT2D eigenvalue weighted by Gasteiger charge is -2.21. The molecule has 0 spiro atoms. The van der Waals surface area contributed by atoms with E-state index in [1.165, 1.54) is 5.56 Å². The number of aryl methyl sites for hydroxylation is 1. The number of rotatable bonds is 3. The molecule has 0 saturated heterocycles. The summed E-state index contributed by atoms with van der Waals surface area (Å²) in [5, 5.41) is 10.1. The van der Waals surface area contributed by atoms with Crippen molar-refractivity contribution in [1.29, 1.82) is 5.26 Å². The lowest BCUT2D eigenvalue weighted by Crippen LogP contribution is -2.11. The molecule has 0 amide bonds. The molecule has 2 aromatic rings. The van der Waals surface area contributed by atoms with Crippen LogP contribution in [-0.4, -0.2) is 7.05 Å². The van der Waals surface area contributed by atoms with Crippen molar-refractivity contribution in [3.63, 3.8) is 0 Å². The van der Waals surface area contributed by atoms with Crippen molar-refractivity contribution in [3.8, 4) is 6.07 Å². The number of alkyl halides is 1. The molecule has 0 unspecified atom stereocenters. The third-order valence-electron chi connectivity index (χ3n) is 3.09. The first kappa shape index (κ1) is 13.6. The van der Waals surface area contributed by atoms with Gasteiger partial charge in [-0.1, -0.05) is 34.1 Å². The maximum absolute atomic E-state index is 9.30. The minimum absolute atomic E-state index is 0.695. The highest BCUT2D eigenvalue weighted by Gasteiger charge is 2.10. The van der Waals surface area contributed by atoms with Crippen LogP contribution in [0.1, 0.15) is 16.7 Å². The van der Waals surface area contributed by atoms with E-state index in [0.29, 0.717) is 5.56 Å². The van der Waals surface area contributed by atoms with Crippen LogP contribution in [0.3, 0.4) is 0 Å². The molecule has 0 bridgehead atoms. The zero-order chi connectivity index (χ0) is 13.8. The van der Waals surface area contributed by atoms with Crippen molar-refractivity contribution >= 4 is 27.3 Å². The zero-order valence-electron chi connectivity index (χ0n) is 11.0. The number of hydrogen-bond donors (Lipinski definition) is 0. The molecule has 2 rings (SSSR count). The van der Waals surface area contributed by atoms with E-state index in [9.17, 15) is 5.26 Å². The van der Waals surface area contributed by atoms with E-state index in [1.807, 2.05) is 42.3 Å². The standard InChI is InChI=1S/C16H15BrN2/c1-12-4-3-5-15(8-12)19(2)16-7-6-13(10-17)9-14(16)11-18/h3-9H,10H2,1-2H3. The van der Waals surface area contributed by atoms with Crippen LogP contribution >= 0.6 is 15.9 Å². The lowest BCUT2D eigenvalue weighted by atomic mass is 10.1. The van der Waals surface area contributed by atoms with Crippen molar-refractivity contribution in [2.45, 2.75) is 12.3 Å². The van der Waals surface area contributed by atoms with Crippen molar-refractivity contribution in [3.05, 3.63) is 59.2 Å². The number of nitriles is 1. The molecule has 0 aliphatic carbocycles. The Hall–Kier alpha value is -1.79. The Balaban J connectivity index is 2.44. The highest BCUT2D eigenvalue weighted by Crippen LogP contribution is 2.28. The number of benzene rings is 2. The molecular formula is C16H15BrN2. The van der Waals surface area contributed by atoms with E-state index < -0.39 is 0 Å². The van der Waals surface area contributed by atoms with Gasteiger partial charge in [0, 0.05) is 18.1 Å². The predicted molar refractivity (Wildman–Crippen MR) is 83.0 cm³/mol. The summed E-state index contributed by atoms with van der Waals surface area (Å²) in [6.07, 6.45) is 0. The fourth-order valence-corrected chi connectivity index (χ4v) is 2.37. The van der Waals surface area contributed by atoms with Gasteiger partial charge in [-0.3, -0.25) is 0 Å². The Labute approximate surface area is 122 Å². The Morgan fingerprint density at radius 3 is 2.63 bits per heavy atom. The minimum atomic E-state index is 0.695. The molecule has 19 heavy (non-hydrogen) atoms. The topological polar surface area (TPSA) is 27.0 Å². The molecule has 0 aromatic heterocycles. The third kappa shape index (κ3) is 2.97. The maximum Gasteiger partial charge on any atom is 0.101 e. The maximum atomic E-state index is 9.30. The average molecular weight is 315 g/mol. The van der Waals surface area contributed by atoms with Gasteiger partial charge < -0.3 is 4.90 Å². The summed E-state index contributed by atoms with van der Waals surface area (Å²) >= 11 is 3.41. The van der Waals surface area contributed by atoms with Crippen LogP contribution in [0.15, 0.2) is 42.5 Å². The zero-order valence-corrected chi connectivity index (χ0v) is 12.6. The second-order valence-corrected chi connectivity index (χ2v) is 5.06. The second kappa shape index (κ2) is 5.90. The fourth-order valence-electron chi connectivity index (χ4n) is 2.02. The van der Waals surface area contributed by atoms with E-state index in [4.69, 9.17) is 0 Å². The van der Waals surface area contributed by atoms with Crippen molar-refractivity contribution < 1.29 is 0 Å². The first-order valence-electron chi connectivity index (χ1n) is 6.05. The molecule has 0 aliphatic heterocycles. The third-order valence-corrected chi connectivity index (χ3v) is 3.73. The molecule has 0 atom stereocenters. The van der Waals surface area contributed by atoms with E-state index >= 15 is 0 Å². The molecule has 0 saturated carbocycles. The van der Waals surface area contributed by atoms with E-state index in [0.717, 1.165) is 22.3 Å². The van der Waals surface area contributed by atoms with Crippen LogP contribution in [0, 0.1) is 18.3 Å². The molecule has 2 aromatic carbocycles. The van der Waals surface area contributed by atoms with Crippen LogP contribution in [-0.2, 0) is 5.33 Å². The Morgan fingerprint density at radius 1 is 1.21 bits per heavy atom. The van der Waals surface area contributed by atoms with Gasteiger partial charge >= 0.3 is 0 Å². The molecule has 2 nitrogen and oxygen atoms in total. The summed E-state index contributed by atoms with van der Waals surface area (Å²) in [5.74, 6) is 0. The lowest BCUT2D eigenvalue weighted by molar-refractivity contribution is 1.19. The summed E-state index contributed by atoms with van der Waals surface area (Å²) in [5.41, 5.74) is 5.03. The van der Waals surface area contributed by atoms with E-state index in [2.05, 4.69) is 41.1 Å². The van der Waals surface area contributed by atoms with Crippen LogP contribution in [0.4, 0.5) is 11.4 Å². The highest BCUT2D eigenvalue weighted by molar-refractivity contribution is 9.08. The molecule has 0 N–H and O–H groups in total. The first-order chi connectivity index (χ1) is 9.15. The van der Waals surface area contributed by atoms with Gasteiger partial charge in [-0.25, -0.2) is 0 Å². The van der Waals surface area contributed by atoms with Crippen LogP contribution in [0.25, 0.3) is 0 Å². The molecular weight excluding hydrogens is 300 g/mol. The van der Waals surface area contributed by atoms with Gasteiger partial charge in [0.05, 0.1) is 11.3 Å². The van der Waals surface area contributed by atoms with Crippen molar-refractivity contribution in [2.24, 2.45) is 0 Å². The number of halogens is 1. The minimum Gasteiger partial charge on any atom is -0.344 e. The average Bonchev–Trinajstić information content (AvgIpc) is 2.45. The Morgan fingerprint density at radius 2 is 2.00 bits per heavy atom. The van der Waals surface area contributed by atoms with Gasteiger partial charge in [-0.2, -0.15) is 5.26 Å². The fraction of sp³-hybridized carbons (Fsp3) is 0.188. The Bertz CT molecular complexity index is 629.